The molecule has 0 aromatic heterocycles. The Balaban J connectivity index is 2.67. The third kappa shape index (κ3) is 5.54. The molecule has 7 nitrogen and oxygen atoms in total. The van der Waals surface area contributed by atoms with Gasteiger partial charge >= 0.3 is 11.9 Å². The number of benzene rings is 1. The van der Waals surface area contributed by atoms with Crippen LogP contribution in [0.1, 0.15) is 23.2 Å². The molecule has 0 saturated heterocycles. The summed E-state index contributed by atoms with van der Waals surface area (Å²) >= 11 is 0. The van der Waals surface area contributed by atoms with Crippen molar-refractivity contribution >= 4 is 23.5 Å². The number of rotatable bonds is 8. The Bertz CT molecular complexity index is 589. The molecule has 1 atom stereocenters. The van der Waals surface area contributed by atoms with Gasteiger partial charge in [-0.05, 0) is 30.7 Å². The Morgan fingerprint density at radius 2 is 1.82 bits per heavy atom. The van der Waals surface area contributed by atoms with E-state index in [1.807, 2.05) is 0 Å². The predicted octanol–water partition coefficient (Wildman–Crippen LogP) is 0.779. The van der Waals surface area contributed by atoms with Crippen molar-refractivity contribution in [1.29, 1.82) is 0 Å². The van der Waals surface area contributed by atoms with Crippen molar-refractivity contribution < 1.29 is 24.6 Å². The van der Waals surface area contributed by atoms with Crippen molar-refractivity contribution in [2.45, 2.75) is 18.9 Å². The molecule has 1 aromatic carbocycles. The quantitative estimate of drug-likeness (QED) is 0.527. The first-order chi connectivity index (χ1) is 10.4. The number of hydrogen-bond donors (Lipinski definition) is 4. The molecule has 4 N–H and O–H groups in total. The van der Waals surface area contributed by atoms with Crippen LogP contribution in [0.15, 0.2) is 24.3 Å². The minimum atomic E-state index is -1.28. The Kier molecular flexibility index (Phi) is 6.44. The summed E-state index contributed by atoms with van der Waals surface area (Å²) in [5.74, 6) is -0.567. The summed E-state index contributed by atoms with van der Waals surface area (Å²) in [6.07, 6.45) is 4.59. The van der Waals surface area contributed by atoms with Crippen LogP contribution in [-0.4, -0.2) is 40.6 Å². The molecule has 0 spiro atoms. The van der Waals surface area contributed by atoms with E-state index in [1.165, 1.54) is 12.1 Å². The number of carboxylic acid groups (broad SMARTS) is 2. The van der Waals surface area contributed by atoms with Crippen molar-refractivity contribution in [3.05, 3.63) is 29.8 Å². The van der Waals surface area contributed by atoms with Gasteiger partial charge in [-0.15, -0.1) is 6.42 Å². The second-order valence-corrected chi connectivity index (χ2v) is 4.43. The molecule has 1 rings (SSSR count). The van der Waals surface area contributed by atoms with Gasteiger partial charge in [-0.3, -0.25) is 9.59 Å². The molecule has 1 aromatic rings. The van der Waals surface area contributed by atoms with Crippen molar-refractivity contribution in [2.75, 3.05) is 11.9 Å². The minimum absolute atomic E-state index is 0.182. The molecule has 0 radical (unpaired) electrons. The van der Waals surface area contributed by atoms with E-state index in [9.17, 15) is 14.4 Å². The molecule has 1 amide bonds. The monoisotopic (exact) mass is 304 g/mol. The lowest BCUT2D eigenvalue weighted by molar-refractivity contribution is -0.140. The Labute approximate surface area is 127 Å². The van der Waals surface area contributed by atoms with E-state index in [-0.39, 0.29) is 18.4 Å². The zero-order valence-corrected chi connectivity index (χ0v) is 11.7. The van der Waals surface area contributed by atoms with Crippen molar-refractivity contribution in [2.24, 2.45) is 0 Å². The third-order valence-electron chi connectivity index (χ3n) is 2.79. The highest BCUT2D eigenvalue weighted by molar-refractivity contribution is 5.96. The summed E-state index contributed by atoms with van der Waals surface area (Å²) in [7, 11) is 0. The molecule has 7 heteroatoms. The molecule has 0 aliphatic heterocycles. The zero-order valence-electron chi connectivity index (χ0n) is 11.7. The zero-order chi connectivity index (χ0) is 16.5. The van der Waals surface area contributed by atoms with Crippen LogP contribution in [0.2, 0.25) is 0 Å². The molecule has 0 aliphatic rings. The van der Waals surface area contributed by atoms with Crippen LogP contribution in [0.5, 0.6) is 0 Å². The van der Waals surface area contributed by atoms with E-state index < -0.39 is 23.9 Å². The first-order valence-corrected chi connectivity index (χ1v) is 6.47. The van der Waals surface area contributed by atoms with E-state index in [0.29, 0.717) is 6.54 Å². The number of terminal acetylenes is 1. The molecular formula is C15H16N2O5. The molecular weight excluding hydrogens is 288 g/mol. The molecule has 1 unspecified atom stereocenters. The number of carboxylic acids is 2. The molecule has 0 saturated carbocycles. The number of amides is 1. The van der Waals surface area contributed by atoms with Gasteiger partial charge in [0, 0.05) is 17.7 Å². The van der Waals surface area contributed by atoms with Crippen LogP contribution in [0, 0.1) is 12.3 Å². The number of hydrogen-bond acceptors (Lipinski definition) is 4. The maximum absolute atomic E-state index is 12.0. The summed E-state index contributed by atoms with van der Waals surface area (Å²) in [6, 6.07) is 5.07. The molecule has 0 bridgehead atoms. The van der Waals surface area contributed by atoms with Gasteiger partial charge < -0.3 is 20.8 Å². The Morgan fingerprint density at radius 3 is 2.32 bits per heavy atom. The lowest BCUT2D eigenvalue weighted by Crippen LogP contribution is -2.41. The lowest BCUT2D eigenvalue weighted by atomic mass is 10.1. The number of anilines is 1. The average molecular weight is 304 g/mol. The molecule has 0 heterocycles. The second kappa shape index (κ2) is 8.32. The van der Waals surface area contributed by atoms with Crippen LogP contribution in [-0.2, 0) is 9.59 Å². The smallest absolute Gasteiger partial charge is 0.326 e. The van der Waals surface area contributed by atoms with Crippen molar-refractivity contribution in [1.82, 2.24) is 5.32 Å². The first-order valence-electron chi connectivity index (χ1n) is 6.47. The number of nitrogens with one attached hydrogen (secondary N) is 2. The maximum atomic E-state index is 12.0. The van der Waals surface area contributed by atoms with Crippen molar-refractivity contribution in [3.63, 3.8) is 0 Å². The van der Waals surface area contributed by atoms with E-state index in [1.54, 1.807) is 12.1 Å². The molecule has 22 heavy (non-hydrogen) atoms. The van der Waals surface area contributed by atoms with Gasteiger partial charge in [0.15, 0.2) is 0 Å². The predicted molar refractivity (Wildman–Crippen MR) is 79.5 cm³/mol. The normalized spacial score (nSPS) is 11.0. The lowest BCUT2D eigenvalue weighted by Gasteiger charge is -2.13. The highest BCUT2D eigenvalue weighted by Crippen LogP contribution is 2.10. The first kappa shape index (κ1) is 17.0. The highest BCUT2D eigenvalue weighted by Gasteiger charge is 2.21. The maximum Gasteiger partial charge on any atom is 0.326 e. The summed E-state index contributed by atoms with van der Waals surface area (Å²) in [5, 5.41) is 22.8. The van der Waals surface area contributed by atoms with E-state index >= 15 is 0 Å². The number of aliphatic carboxylic acids is 2. The van der Waals surface area contributed by atoms with E-state index in [0.717, 1.165) is 5.69 Å². The molecule has 0 fully saturated rings. The fraction of sp³-hybridized carbons (Fsp3) is 0.267. The Morgan fingerprint density at radius 1 is 1.18 bits per heavy atom. The molecule has 0 aliphatic carbocycles. The summed E-state index contributed by atoms with van der Waals surface area (Å²) in [4.78, 5) is 33.4. The fourth-order valence-electron chi connectivity index (χ4n) is 1.66. The highest BCUT2D eigenvalue weighted by atomic mass is 16.4. The van der Waals surface area contributed by atoms with Gasteiger partial charge in [-0.25, -0.2) is 4.79 Å². The van der Waals surface area contributed by atoms with Gasteiger partial charge in [0.2, 0.25) is 0 Å². The van der Waals surface area contributed by atoms with Crippen LogP contribution in [0.3, 0.4) is 0 Å². The number of carbonyl (C=O) groups is 3. The fourth-order valence-corrected chi connectivity index (χ4v) is 1.66. The van der Waals surface area contributed by atoms with Gasteiger partial charge in [-0.2, -0.15) is 0 Å². The standard InChI is InChI=1S/C15H16N2O5/c1-2-9-16-11-5-3-10(4-6-11)14(20)17-12(15(21)22)7-8-13(18)19/h1,3-6,12,16H,7-9H2,(H,17,20)(H,18,19)(H,21,22). The Hall–Kier alpha value is -3.01. The van der Waals surface area contributed by atoms with Crippen molar-refractivity contribution in [3.8, 4) is 12.3 Å². The summed E-state index contributed by atoms with van der Waals surface area (Å²) in [6.45, 7) is 0.349. The van der Waals surface area contributed by atoms with Crippen LogP contribution in [0.4, 0.5) is 5.69 Å². The SMILES string of the molecule is C#CCNc1ccc(C(=O)NC(CCC(=O)O)C(=O)O)cc1. The van der Waals surface area contributed by atoms with Gasteiger partial charge in [-0.1, -0.05) is 5.92 Å². The van der Waals surface area contributed by atoms with E-state index in [4.69, 9.17) is 16.6 Å². The topological polar surface area (TPSA) is 116 Å². The van der Waals surface area contributed by atoms with E-state index in [2.05, 4.69) is 16.6 Å². The van der Waals surface area contributed by atoms with Gasteiger partial charge in [0.25, 0.3) is 5.91 Å². The largest absolute Gasteiger partial charge is 0.481 e. The average Bonchev–Trinajstić information content (AvgIpc) is 2.49. The minimum Gasteiger partial charge on any atom is -0.481 e. The van der Waals surface area contributed by atoms with Crippen LogP contribution >= 0.6 is 0 Å². The third-order valence-corrected chi connectivity index (χ3v) is 2.79. The van der Waals surface area contributed by atoms with Crippen LogP contribution < -0.4 is 10.6 Å². The van der Waals surface area contributed by atoms with Crippen LogP contribution in [0.25, 0.3) is 0 Å². The number of carbonyl (C=O) groups excluding carboxylic acids is 1. The summed E-state index contributed by atoms with van der Waals surface area (Å²) in [5.41, 5.74) is 1.00. The van der Waals surface area contributed by atoms with Gasteiger partial charge in [0.1, 0.15) is 6.04 Å². The second-order valence-electron chi connectivity index (χ2n) is 4.43. The summed E-state index contributed by atoms with van der Waals surface area (Å²) < 4.78 is 0. The van der Waals surface area contributed by atoms with Gasteiger partial charge in [0.05, 0.1) is 6.54 Å². The molecule has 116 valence electrons.